The molecule has 138 valence electrons. The van der Waals surface area contributed by atoms with E-state index in [0.29, 0.717) is 13.0 Å². The smallest absolute Gasteiger partial charge is 0.347 e. The van der Waals surface area contributed by atoms with Gasteiger partial charge in [-0.05, 0) is 38.0 Å². The Morgan fingerprint density at radius 1 is 1.15 bits per heavy atom. The van der Waals surface area contributed by atoms with Crippen molar-refractivity contribution >= 4 is 23.4 Å². The number of hydrogen-bond donors (Lipinski definition) is 1. The van der Waals surface area contributed by atoms with Crippen molar-refractivity contribution in [2.45, 2.75) is 49.5 Å². The van der Waals surface area contributed by atoms with Crippen LogP contribution in [0.1, 0.15) is 44.0 Å². The molecule has 2 aromatic carbocycles. The fourth-order valence-corrected chi connectivity index (χ4v) is 4.11. The lowest BCUT2D eigenvalue weighted by molar-refractivity contribution is -0.151. The van der Waals surface area contributed by atoms with Crippen LogP contribution < -0.4 is 10.1 Å². The maximum absolute atomic E-state index is 12.3. The Labute approximate surface area is 159 Å². The minimum atomic E-state index is -0.565. The van der Waals surface area contributed by atoms with Crippen molar-refractivity contribution < 1.29 is 14.3 Å². The summed E-state index contributed by atoms with van der Waals surface area (Å²) in [5.41, 5.74) is 2.17. The highest BCUT2D eigenvalue weighted by molar-refractivity contribution is 8.00. The standard InChI is InChI=1S/C21H25NO3S/c1-3-5-12-18(21(23)24-4-2)25-17-13-8-6-10-15(17)20-22-16-11-7-9-14-19(16)26-20/h6-11,13-14,18,20,22H,3-5,12H2,1-2H3. The number of carbonyl (C=O) groups is 1. The van der Waals surface area contributed by atoms with Crippen LogP contribution in [0.5, 0.6) is 5.75 Å². The average Bonchev–Trinajstić information content (AvgIpc) is 3.09. The first-order valence-corrected chi connectivity index (χ1v) is 10.0. The molecule has 3 rings (SSSR count). The predicted molar refractivity (Wildman–Crippen MR) is 106 cm³/mol. The number of esters is 1. The minimum Gasteiger partial charge on any atom is -0.478 e. The number of nitrogens with one attached hydrogen (secondary N) is 1. The molecule has 0 saturated carbocycles. The Kier molecular flexibility index (Phi) is 6.45. The van der Waals surface area contributed by atoms with Gasteiger partial charge in [0.1, 0.15) is 11.1 Å². The highest BCUT2D eigenvalue weighted by Crippen LogP contribution is 2.48. The van der Waals surface area contributed by atoms with Gasteiger partial charge in [-0.3, -0.25) is 0 Å². The van der Waals surface area contributed by atoms with Gasteiger partial charge in [-0.25, -0.2) is 4.79 Å². The highest BCUT2D eigenvalue weighted by Gasteiger charge is 2.27. The molecule has 2 atom stereocenters. The molecule has 0 fully saturated rings. The normalized spacial score (nSPS) is 16.5. The summed E-state index contributed by atoms with van der Waals surface area (Å²) in [7, 11) is 0. The van der Waals surface area contributed by atoms with Crippen LogP contribution in [0, 0.1) is 0 Å². The molecule has 0 bridgehead atoms. The Morgan fingerprint density at radius 3 is 2.69 bits per heavy atom. The van der Waals surface area contributed by atoms with Crippen LogP contribution in [0.3, 0.4) is 0 Å². The molecule has 0 aromatic heterocycles. The number of rotatable bonds is 8. The van der Waals surface area contributed by atoms with E-state index in [2.05, 4.69) is 24.4 Å². The molecule has 0 saturated heterocycles. The van der Waals surface area contributed by atoms with Gasteiger partial charge in [0.25, 0.3) is 0 Å². The van der Waals surface area contributed by atoms with Crippen LogP contribution in [0.4, 0.5) is 5.69 Å². The minimum absolute atomic E-state index is 0.0672. The number of thioether (sulfide) groups is 1. The molecular formula is C21H25NO3S. The van der Waals surface area contributed by atoms with Crippen LogP contribution in [-0.2, 0) is 9.53 Å². The van der Waals surface area contributed by atoms with Gasteiger partial charge in [-0.1, -0.05) is 55.4 Å². The predicted octanol–water partition coefficient (Wildman–Crippen LogP) is 5.40. The van der Waals surface area contributed by atoms with E-state index in [9.17, 15) is 4.79 Å². The number of carbonyl (C=O) groups excluding carboxylic acids is 1. The van der Waals surface area contributed by atoms with Crippen LogP contribution in [0.15, 0.2) is 53.4 Å². The molecule has 5 heteroatoms. The van der Waals surface area contributed by atoms with Gasteiger partial charge < -0.3 is 14.8 Å². The molecular weight excluding hydrogens is 346 g/mol. The molecule has 1 N–H and O–H groups in total. The Balaban J connectivity index is 1.79. The largest absolute Gasteiger partial charge is 0.478 e. The topological polar surface area (TPSA) is 47.6 Å². The lowest BCUT2D eigenvalue weighted by Crippen LogP contribution is -2.30. The zero-order valence-corrected chi connectivity index (χ0v) is 16.1. The molecule has 0 amide bonds. The molecule has 0 aliphatic carbocycles. The molecule has 1 aliphatic heterocycles. The summed E-state index contributed by atoms with van der Waals surface area (Å²) in [4.78, 5) is 13.5. The van der Waals surface area contributed by atoms with Crippen molar-refractivity contribution in [3.05, 3.63) is 54.1 Å². The second-order valence-corrected chi connectivity index (χ2v) is 7.32. The lowest BCUT2D eigenvalue weighted by atomic mass is 10.1. The Bertz CT molecular complexity index is 725. The van der Waals surface area contributed by atoms with Gasteiger partial charge in [-0.2, -0.15) is 0 Å². The number of anilines is 1. The van der Waals surface area contributed by atoms with Crippen molar-refractivity contribution in [1.29, 1.82) is 0 Å². The second kappa shape index (κ2) is 8.99. The molecule has 2 unspecified atom stereocenters. The van der Waals surface area contributed by atoms with Crippen LogP contribution in [-0.4, -0.2) is 18.7 Å². The summed E-state index contributed by atoms with van der Waals surface area (Å²) in [6.07, 6.45) is 2.03. The van der Waals surface area contributed by atoms with E-state index in [1.54, 1.807) is 11.8 Å². The van der Waals surface area contributed by atoms with E-state index in [-0.39, 0.29) is 11.3 Å². The van der Waals surface area contributed by atoms with Gasteiger partial charge in [0, 0.05) is 16.1 Å². The van der Waals surface area contributed by atoms with Crippen LogP contribution in [0.25, 0.3) is 0 Å². The number of unbranched alkanes of at least 4 members (excludes halogenated alkanes) is 1. The van der Waals surface area contributed by atoms with E-state index in [1.807, 2.05) is 43.3 Å². The number of benzene rings is 2. The van der Waals surface area contributed by atoms with Crippen molar-refractivity contribution in [3.8, 4) is 5.75 Å². The zero-order valence-electron chi connectivity index (χ0n) is 15.2. The number of para-hydroxylation sites is 2. The first-order chi connectivity index (χ1) is 12.7. The van der Waals surface area contributed by atoms with E-state index < -0.39 is 6.10 Å². The SMILES string of the molecule is CCCCC(Oc1ccccc1C1Nc2ccccc2S1)C(=O)OCC. The number of hydrogen-bond acceptors (Lipinski definition) is 5. The van der Waals surface area contributed by atoms with Crippen molar-refractivity contribution in [1.82, 2.24) is 0 Å². The Morgan fingerprint density at radius 2 is 1.92 bits per heavy atom. The van der Waals surface area contributed by atoms with Gasteiger partial charge in [-0.15, -0.1) is 0 Å². The maximum atomic E-state index is 12.3. The second-order valence-electron chi connectivity index (χ2n) is 6.18. The molecule has 2 aromatic rings. The fourth-order valence-electron chi connectivity index (χ4n) is 2.93. The number of fused-ring (bicyclic) bond motifs is 1. The van der Waals surface area contributed by atoms with Gasteiger partial charge in [0.2, 0.25) is 0 Å². The third-order valence-electron chi connectivity index (χ3n) is 4.26. The van der Waals surface area contributed by atoms with Crippen LogP contribution in [0.2, 0.25) is 0 Å². The molecule has 1 heterocycles. The quantitative estimate of drug-likeness (QED) is 0.629. The van der Waals surface area contributed by atoms with Crippen molar-refractivity contribution in [2.75, 3.05) is 11.9 Å². The summed E-state index contributed by atoms with van der Waals surface area (Å²) in [6, 6.07) is 16.2. The van der Waals surface area contributed by atoms with Crippen molar-refractivity contribution in [2.24, 2.45) is 0 Å². The van der Waals surface area contributed by atoms with Crippen LogP contribution >= 0.6 is 11.8 Å². The van der Waals surface area contributed by atoms with Gasteiger partial charge >= 0.3 is 5.97 Å². The summed E-state index contributed by atoms with van der Waals surface area (Å²) in [5, 5.41) is 3.60. The molecule has 26 heavy (non-hydrogen) atoms. The first-order valence-electron chi connectivity index (χ1n) is 9.17. The van der Waals surface area contributed by atoms with Crippen molar-refractivity contribution in [3.63, 3.8) is 0 Å². The van der Waals surface area contributed by atoms with Gasteiger partial charge in [0.15, 0.2) is 6.10 Å². The molecule has 4 nitrogen and oxygen atoms in total. The lowest BCUT2D eigenvalue weighted by Gasteiger charge is -2.21. The third-order valence-corrected chi connectivity index (χ3v) is 5.48. The van der Waals surface area contributed by atoms with E-state index in [4.69, 9.17) is 9.47 Å². The monoisotopic (exact) mass is 371 g/mol. The molecule has 0 radical (unpaired) electrons. The maximum Gasteiger partial charge on any atom is 0.347 e. The zero-order chi connectivity index (χ0) is 18.4. The summed E-state index contributed by atoms with van der Waals surface area (Å²) >= 11 is 1.76. The van der Waals surface area contributed by atoms with E-state index in [1.165, 1.54) is 4.90 Å². The molecule has 1 aliphatic rings. The average molecular weight is 372 g/mol. The Hall–Kier alpha value is -2.14. The first kappa shape index (κ1) is 18.6. The third kappa shape index (κ3) is 4.33. The summed E-state index contributed by atoms with van der Waals surface area (Å²) < 4.78 is 11.3. The van der Waals surface area contributed by atoms with E-state index >= 15 is 0 Å². The highest BCUT2D eigenvalue weighted by atomic mass is 32.2. The summed E-state index contributed by atoms with van der Waals surface area (Å²) in [6.45, 7) is 4.29. The summed E-state index contributed by atoms with van der Waals surface area (Å²) in [5.74, 6) is 0.450. The van der Waals surface area contributed by atoms with E-state index in [0.717, 1.165) is 29.8 Å². The van der Waals surface area contributed by atoms with Gasteiger partial charge in [0.05, 0.1) is 6.61 Å². The number of ether oxygens (including phenoxy) is 2. The molecule has 0 spiro atoms. The fraction of sp³-hybridized carbons (Fsp3) is 0.381.